The molecule has 1 N–H and O–H groups in total. The number of aromatic nitrogens is 2. The van der Waals surface area contributed by atoms with Gasteiger partial charge in [0.2, 0.25) is 5.75 Å². The standard InChI is InChI=1S/C24H22ClN3O5/c1-30-21-11-15(12-22(31-2)23(21)32-3)14-26-24(29)18-13-19(20-5-4-10-33-20)28(27-18)17-8-6-16(25)7-9-17/h4-13H,14H2,1-3H3,(H,26,29). The minimum absolute atomic E-state index is 0.236. The third-order valence-corrected chi connectivity index (χ3v) is 5.22. The van der Waals surface area contributed by atoms with Gasteiger partial charge < -0.3 is 23.9 Å². The number of methoxy groups -OCH3 is 3. The maximum atomic E-state index is 12.9. The predicted molar refractivity (Wildman–Crippen MR) is 124 cm³/mol. The van der Waals surface area contributed by atoms with Crippen LogP contribution in [0.3, 0.4) is 0 Å². The molecule has 33 heavy (non-hydrogen) atoms. The molecule has 0 fully saturated rings. The van der Waals surface area contributed by atoms with Crippen molar-refractivity contribution in [3.05, 3.63) is 77.1 Å². The Bertz CT molecular complexity index is 1220. The van der Waals surface area contributed by atoms with Gasteiger partial charge in [-0.15, -0.1) is 0 Å². The van der Waals surface area contributed by atoms with E-state index in [1.54, 1.807) is 67.6 Å². The first-order chi connectivity index (χ1) is 16.0. The van der Waals surface area contributed by atoms with Gasteiger partial charge in [-0.25, -0.2) is 4.68 Å². The molecule has 0 saturated heterocycles. The van der Waals surface area contributed by atoms with Crippen molar-refractivity contribution in [1.82, 2.24) is 15.1 Å². The van der Waals surface area contributed by atoms with Crippen molar-refractivity contribution < 1.29 is 23.4 Å². The lowest BCUT2D eigenvalue weighted by molar-refractivity contribution is 0.0945. The van der Waals surface area contributed by atoms with Crippen molar-refractivity contribution in [3.63, 3.8) is 0 Å². The Kier molecular flexibility index (Phi) is 6.55. The van der Waals surface area contributed by atoms with Crippen LogP contribution in [0.15, 0.2) is 65.3 Å². The Morgan fingerprint density at radius 3 is 2.30 bits per heavy atom. The van der Waals surface area contributed by atoms with Gasteiger partial charge in [0.05, 0.1) is 33.3 Å². The van der Waals surface area contributed by atoms with E-state index in [2.05, 4.69) is 10.4 Å². The molecule has 4 rings (SSSR count). The summed E-state index contributed by atoms with van der Waals surface area (Å²) < 4.78 is 23.3. The number of hydrogen-bond donors (Lipinski definition) is 1. The van der Waals surface area contributed by atoms with Crippen molar-refractivity contribution >= 4 is 17.5 Å². The summed E-state index contributed by atoms with van der Waals surface area (Å²) in [7, 11) is 4.62. The number of benzene rings is 2. The summed E-state index contributed by atoms with van der Waals surface area (Å²) in [5.74, 6) is 1.74. The minimum atomic E-state index is -0.343. The third-order valence-electron chi connectivity index (χ3n) is 4.96. The van der Waals surface area contributed by atoms with Gasteiger partial charge in [0, 0.05) is 17.6 Å². The second-order valence-corrected chi connectivity index (χ2v) is 7.43. The molecule has 2 aromatic carbocycles. The molecule has 0 spiro atoms. The molecule has 0 bridgehead atoms. The minimum Gasteiger partial charge on any atom is -0.493 e. The lowest BCUT2D eigenvalue weighted by Gasteiger charge is -2.14. The lowest BCUT2D eigenvalue weighted by Crippen LogP contribution is -2.23. The Labute approximate surface area is 195 Å². The number of nitrogens with one attached hydrogen (secondary N) is 1. The molecular weight excluding hydrogens is 446 g/mol. The van der Waals surface area contributed by atoms with E-state index >= 15 is 0 Å². The van der Waals surface area contributed by atoms with Crippen molar-refractivity contribution in [2.45, 2.75) is 6.54 Å². The number of ether oxygens (including phenoxy) is 3. The molecule has 9 heteroatoms. The van der Waals surface area contributed by atoms with Gasteiger partial charge in [0.25, 0.3) is 5.91 Å². The van der Waals surface area contributed by atoms with Crippen molar-refractivity contribution in [3.8, 4) is 34.4 Å². The van der Waals surface area contributed by atoms with Gasteiger partial charge in [-0.05, 0) is 54.1 Å². The van der Waals surface area contributed by atoms with E-state index in [1.807, 2.05) is 12.1 Å². The fourth-order valence-corrected chi connectivity index (χ4v) is 3.51. The highest BCUT2D eigenvalue weighted by Crippen LogP contribution is 2.38. The number of amides is 1. The molecule has 0 radical (unpaired) electrons. The van der Waals surface area contributed by atoms with E-state index in [0.717, 1.165) is 11.3 Å². The van der Waals surface area contributed by atoms with Crippen LogP contribution in [0.25, 0.3) is 17.1 Å². The lowest BCUT2D eigenvalue weighted by atomic mass is 10.1. The highest BCUT2D eigenvalue weighted by molar-refractivity contribution is 6.30. The van der Waals surface area contributed by atoms with Crippen LogP contribution in [-0.4, -0.2) is 37.0 Å². The molecule has 1 amide bonds. The zero-order chi connectivity index (χ0) is 23.4. The number of hydrogen-bond acceptors (Lipinski definition) is 6. The molecular formula is C24H22ClN3O5. The highest BCUT2D eigenvalue weighted by Gasteiger charge is 2.19. The van der Waals surface area contributed by atoms with E-state index in [0.29, 0.717) is 33.7 Å². The summed E-state index contributed by atoms with van der Waals surface area (Å²) in [5.41, 5.74) is 2.40. The van der Waals surface area contributed by atoms with Gasteiger partial charge in [0.1, 0.15) is 5.69 Å². The van der Waals surface area contributed by atoms with E-state index < -0.39 is 0 Å². The van der Waals surface area contributed by atoms with Crippen LogP contribution in [-0.2, 0) is 6.54 Å². The average Bonchev–Trinajstić information content (AvgIpc) is 3.52. The first-order valence-electron chi connectivity index (χ1n) is 10.0. The maximum Gasteiger partial charge on any atom is 0.272 e. The van der Waals surface area contributed by atoms with E-state index in [-0.39, 0.29) is 18.1 Å². The van der Waals surface area contributed by atoms with Crippen molar-refractivity contribution in [2.24, 2.45) is 0 Å². The molecule has 2 heterocycles. The molecule has 2 aromatic heterocycles. The van der Waals surface area contributed by atoms with Gasteiger partial charge in [-0.1, -0.05) is 11.6 Å². The Morgan fingerprint density at radius 2 is 1.73 bits per heavy atom. The maximum absolute atomic E-state index is 12.9. The Morgan fingerprint density at radius 1 is 1.03 bits per heavy atom. The van der Waals surface area contributed by atoms with E-state index in [4.69, 9.17) is 30.2 Å². The van der Waals surface area contributed by atoms with Gasteiger partial charge in [-0.3, -0.25) is 4.79 Å². The Balaban J connectivity index is 1.60. The first-order valence-corrected chi connectivity index (χ1v) is 10.4. The normalized spacial score (nSPS) is 10.7. The molecule has 0 aliphatic carbocycles. The van der Waals surface area contributed by atoms with Crippen LogP contribution >= 0.6 is 11.6 Å². The highest BCUT2D eigenvalue weighted by atomic mass is 35.5. The van der Waals surface area contributed by atoms with E-state index in [1.165, 1.54) is 7.11 Å². The van der Waals surface area contributed by atoms with Crippen LogP contribution in [0.4, 0.5) is 0 Å². The van der Waals surface area contributed by atoms with Crippen LogP contribution in [0.2, 0.25) is 5.02 Å². The second kappa shape index (κ2) is 9.70. The number of nitrogens with zero attached hydrogens (tertiary/aromatic N) is 2. The summed E-state index contributed by atoms with van der Waals surface area (Å²) in [5, 5.41) is 7.99. The first kappa shape index (κ1) is 22.3. The van der Waals surface area contributed by atoms with Crippen LogP contribution in [0, 0.1) is 0 Å². The predicted octanol–water partition coefficient (Wildman–Crippen LogP) is 4.74. The summed E-state index contributed by atoms with van der Waals surface area (Å²) in [4.78, 5) is 12.9. The van der Waals surface area contributed by atoms with Crippen LogP contribution < -0.4 is 19.5 Å². The summed E-state index contributed by atoms with van der Waals surface area (Å²) in [6.45, 7) is 0.236. The molecule has 0 atom stereocenters. The van der Waals surface area contributed by atoms with Crippen molar-refractivity contribution in [1.29, 1.82) is 0 Å². The monoisotopic (exact) mass is 467 g/mol. The van der Waals surface area contributed by atoms with Gasteiger partial charge in [-0.2, -0.15) is 5.10 Å². The van der Waals surface area contributed by atoms with E-state index in [9.17, 15) is 4.79 Å². The van der Waals surface area contributed by atoms with Gasteiger partial charge >= 0.3 is 0 Å². The smallest absolute Gasteiger partial charge is 0.272 e. The molecule has 0 saturated carbocycles. The second-order valence-electron chi connectivity index (χ2n) is 7.00. The number of carbonyl (C=O) groups excluding carboxylic acids is 1. The molecule has 0 aliphatic heterocycles. The number of halogens is 1. The van der Waals surface area contributed by atoms with Gasteiger partial charge in [0.15, 0.2) is 23.0 Å². The largest absolute Gasteiger partial charge is 0.493 e. The molecule has 170 valence electrons. The average molecular weight is 468 g/mol. The fourth-order valence-electron chi connectivity index (χ4n) is 3.38. The third kappa shape index (κ3) is 4.65. The molecule has 4 aromatic rings. The number of furan rings is 1. The quantitative estimate of drug-likeness (QED) is 0.402. The fraction of sp³-hybridized carbons (Fsp3) is 0.167. The topological polar surface area (TPSA) is 87.8 Å². The zero-order valence-corrected chi connectivity index (χ0v) is 19.1. The molecule has 8 nitrogen and oxygen atoms in total. The van der Waals surface area contributed by atoms with Crippen molar-refractivity contribution in [2.75, 3.05) is 21.3 Å². The summed E-state index contributed by atoms with van der Waals surface area (Å²) in [6, 6.07) is 16.0. The Hall–Kier alpha value is -3.91. The number of carbonyl (C=O) groups is 1. The molecule has 0 unspecified atom stereocenters. The zero-order valence-electron chi connectivity index (χ0n) is 18.3. The van der Waals surface area contributed by atoms with Crippen LogP contribution in [0.1, 0.15) is 16.1 Å². The number of rotatable bonds is 8. The van der Waals surface area contributed by atoms with Crippen LogP contribution in [0.5, 0.6) is 17.2 Å². The summed E-state index contributed by atoms with van der Waals surface area (Å²) in [6.07, 6.45) is 1.57. The SMILES string of the molecule is COc1cc(CNC(=O)c2cc(-c3ccco3)n(-c3ccc(Cl)cc3)n2)cc(OC)c1OC. The molecule has 0 aliphatic rings. The summed E-state index contributed by atoms with van der Waals surface area (Å²) >= 11 is 6.02.